The molecule has 2 aliphatic heterocycles. The molecule has 1 atom stereocenters. The average Bonchev–Trinajstić information content (AvgIpc) is 3.48. The van der Waals surface area contributed by atoms with Crippen molar-refractivity contribution in [3.8, 4) is 11.1 Å². The van der Waals surface area contributed by atoms with E-state index in [1.807, 2.05) is 12.1 Å². The summed E-state index contributed by atoms with van der Waals surface area (Å²) >= 11 is 0. The van der Waals surface area contributed by atoms with Crippen LogP contribution in [0.25, 0.3) is 11.1 Å². The third kappa shape index (κ3) is 4.84. The number of aromatic nitrogens is 4. The van der Waals surface area contributed by atoms with Gasteiger partial charge < -0.3 is 4.74 Å². The number of piperidine rings is 1. The minimum atomic E-state index is -0.508. The number of pyridine rings is 1. The first kappa shape index (κ1) is 21.0. The van der Waals surface area contributed by atoms with Crippen molar-refractivity contribution in [1.29, 1.82) is 0 Å². The summed E-state index contributed by atoms with van der Waals surface area (Å²) in [6, 6.07) is 8.36. The maximum Gasteiger partial charge on any atom is 0.414 e. The van der Waals surface area contributed by atoms with Crippen molar-refractivity contribution >= 4 is 18.0 Å². The number of amides is 1. The first-order valence-corrected chi connectivity index (χ1v) is 11.0. The van der Waals surface area contributed by atoms with E-state index in [0.29, 0.717) is 29.9 Å². The van der Waals surface area contributed by atoms with E-state index in [9.17, 15) is 9.18 Å². The predicted octanol–water partition coefficient (Wildman–Crippen LogP) is 3.32. The Bertz CT molecular complexity index is 1130. The largest absolute Gasteiger partial charge is 0.442 e. The highest BCUT2D eigenvalue weighted by Gasteiger charge is 2.33. The van der Waals surface area contributed by atoms with Gasteiger partial charge in [-0.05, 0) is 43.5 Å². The van der Waals surface area contributed by atoms with Crippen molar-refractivity contribution in [2.75, 3.05) is 24.5 Å². The lowest BCUT2D eigenvalue weighted by Crippen LogP contribution is -2.26. The number of carbonyl (C=O) groups excluding carboxylic acids is 1. The molecule has 170 valence electrons. The maximum absolute atomic E-state index is 14.9. The van der Waals surface area contributed by atoms with Crippen molar-refractivity contribution in [1.82, 2.24) is 25.0 Å². The average molecular weight is 449 g/mol. The number of carbonyl (C=O) groups is 1. The number of anilines is 1. The van der Waals surface area contributed by atoms with Gasteiger partial charge in [0.2, 0.25) is 0 Å². The number of hydrazone groups is 1. The lowest BCUT2D eigenvalue weighted by molar-refractivity contribution is 0.129. The van der Waals surface area contributed by atoms with Crippen LogP contribution < -0.4 is 4.90 Å². The van der Waals surface area contributed by atoms with Crippen LogP contribution in [0.2, 0.25) is 0 Å². The summed E-state index contributed by atoms with van der Waals surface area (Å²) in [5.74, 6) is -0.434. The van der Waals surface area contributed by atoms with E-state index in [0.717, 1.165) is 31.6 Å². The summed E-state index contributed by atoms with van der Waals surface area (Å²) in [5.41, 5.74) is 2.24. The number of hydrogen-bond donors (Lipinski definition) is 0. The topological polar surface area (TPSA) is 88.7 Å². The van der Waals surface area contributed by atoms with Crippen LogP contribution in [0.3, 0.4) is 0 Å². The fraction of sp³-hybridized carbons (Fsp3) is 0.348. The lowest BCUT2D eigenvalue weighted by atomic mass is 10.1. The Balaban J connectivity index is 1.26. The minimum Gasteiger partial charge on any atom is -0.442 e. The molecule has 2 aromatic heterocycles. The minimum absolute atomic E-state index is 0.310. The second-order valence-corrected chi connectivity index (χ2v) is 8.14. The Morgan fingerprint density at radius 3 is 2.79 bits per heavy atom. The molecule has 1 amide bonds. The summed E-state index contributed by atoms with van der Waals surface area (Å²) in [6.45, 7) is 2.64. The zero-order valence-corrected chi connectivity index (χ0v) is 18.0. The van der Waals surface area contributed by atoms with E-state index >= 15 is 0 Å². The van der Waals surface area contributed by atoms with Gasteiger partial charge in [-0.25, -0.2) is 13.9 Å². The molecule has 0 N–H and O–H groups in total. The molecule has 1 aromatic carbocycles. The molecule has 0 bridgehead atoms. The van der Waals surface area contributed by atoms with Crippen LogP contribution in [-0.4, -0.2) is 63.0 Å². The lowest BCUT2D eigenvalue weighted by Gasteiger charge is -2.23. The van der Waals surface area contributed by atoms with Gasteiger partial charge in [0.1, 0.15) is 11.9 Å². The highest BCUT2D eigenvalue weighted by atomic mass is 19.1. The molecule has 2 saturated heterocycles. The van der Waals surface area contributed by atoms with Crippen LogP contribution in [0.4, 0.5) is 14.9 Å². The third-order valence-electron chi connectivity index (χ3n) is 5.78. The molecule has 9 nitrogen and oxygen atoms in total. The van der Waals surface area contributed by atoms with Crippen LogP contribution in [-0.2, 0) is 11.3 Å². The third-order valence-corrected chi connectivity index (χ3v) is 5.78. The zero-order chi connectivity index (χ0) is 22.6. The summed E-state index contributed by atoms with van der Waals surface area (Å²) < 4.78 is 21.9. The molecule has 2 fully saturated rings. The van der Waals surface area contributed by atoms with Crippen molar-refractivity contribution in [2.24, 2.45) is 5.10 Å². The van der Waals surface area contributed by atoms with Crippen LogP contribution in [0.1, 0.15) is 25.0 Å². The van der Waals surface area contributed by atoms with Crippen molar-refractivity contribution < 1.29 is 13.9 Å². The van der Waals surface area contributed by atoms with Gasteiger partial charge in [0, 0.05) is 36.6 Å². The van der Waals surface area contributed by atoms with Gasteiger partial charge in [-0.1, -0.05) is 11.3 Å². The number of hydrogen-bond acceptors (Lipinski definition) is 7. The van der Waals surface area contributed by atoms with E-state index in [4.69, 9.17) is 4.74 Å². The summed E-state index contributed by atoms with van der Waals surface area (Å²) in [4.78, 5) is 18.1. The van der Waals surface area contributed by atoms with E-state index < -0.39 is 11.9 Å². The van der Waals surface area contributed by atoms with Crippen LogP contribution in [0.5, 0.6) is 0 Å². The van der Waals surface area contributed by atoms with Crippen molar-refractivity contribution in [2.45, 2.75) is 31.9 Å². The van der Waals surface area contributed by atoms with E-state index in [1.165, 1.54) is 17.4 Å². The van der Waals surface area contributed by atoms with Crippen molar-refractivity contribution in [3.05, 3.63) is 60.4 Å². The van der Waals surface area contributed by atoms with E-state index in [-0.39, 0.29) is 6.10 Å². The smallest absolute Gasteiger partial charge is 0.414 e. The monoisotopic (exact) mass is 449 g/mol. The first-order chi connectivity index (χ1) is 16.2. The molecule has 33 heavy (non-hydrogen) atoms. The number of halogens is 1. The molecule has 0 spiro atoms. The van der Waals surface area contributed by atoms with Gasteiger partial charge in [-0.2, -0.15) is 5.10 Å². The normalized spacial score (nSPS) is 18.8. The maximum atomic E-state index is 14.9. The summed E-state index contributed by atoms with van der Waals surface area (Å²) in [7, 11) is 0. The van der Waals surface area contributed by atoms with Gasteiger partial charge in [0.25, 0.3) is 0 Å². The first-order valence-electron chi connectivity index (χ1n) is 11.0. The molecule has 2 aliphatic rings. The molecule has 0 aliphatic carbocycles. The number of rotatable bonds is 6. The highest BCUT2D eigenvalue weighted by Crippen LogP contribution is 2.29. The summed E-state index contributed by atoms with van der Waals surface area (Å²) in [6.07, 6.45) is 9.32. The molecular weight excluding hydrogens is 425 g/mol. The molecule has 4 heterocycles. The van der Waals surface area contributed by atoms with Gasteiger partial charge in [-0.3, -0.25) is 14.9 Å². The Morgan fingerprint density at radius 1 is 1.18 bits per heavy atom. The second kappa shape index (κ2) is 9.35. The Kier molecular flexibility index (Phi) is 5.97. The molecule has 10 heteroatoms. The van der Waals surface area contributed by atoms with E-state index in [2.05, 4.69) is 25.4 Å². The molecule has 3 aromatic rings. The number of benzene rings is 1. The van der Waals surface area contributed by atoms with Crippen LogP contribution >= 0.6 is 0 Å². The van der Waals surface area contributed by atoms with Gasteiger partial charge in [0.15, 0.2) is 0 Å². The molecular formula is C23H24FN7O2. The fourth-order valence-electron chi connectivity index (χ4n) is 4.05. The van der Waals surface area contributed by atoms with Gasteiger partial charge in [-0.15, -0.1) is 5.10 Å². The molecule has 0 saturated carbocycles. The SMILES string of the molecule is O=C1O[C@@H](Cn2ccnn2)CN1c1ccc(-c2ccc(/C=N/N3CCCCC3)nc2)c(F)c1. The van der Waals surface area contributed by atoms with Crippen LogP contribution in [0.15, 0.2) is 54.0 Å². The molecule has 0 radical (unpaired) electrons. The Morgan fingerprint density at radius 2 is 2.06 bits per heavy atom. The van der Waals surface area contributed by atoms with E-state index in [1.54, 1.807) is 41.6 Å². The fourth-order valence-corrected chi connectivity index (χ4v) is 4.05. The van der Waals surface area contributed by atoms with Gasteiger partial charge in [0.05, 0.1) is 36.9 Å². The number of cyclic esters (lactones) is 1. The van der Waals surface area contributed by atoms with Crippen LogP contribution in [0, 0.1) is 5.82 Å². The Labute approximate surface area is 190 Å². The predicted molar refractivity (Wildman–Crippen MR) is 120 cm³/mol. The summed E-state index contributed by atoms with van der Waals surface area (Å²) in [5, 5.41) is 14.2. The number of ether oxygens (including phenoxy) is 1. The molecule has 0 unspecified atom stereocenters. The Hall–Kier alpha value is -3.82. The van der Waals surface area contributed by atoms with Crippen molar-refractivity contribution in [3.63, 3.8) is 0 Å². The second-order valence-electron chi connectivity index (χ2n) is 8.14. The number of nitrogens with zero attached hydrogens (tertiary/aromatic N) is 7. The standard InChI is InChI=1S/C23H24FN7O2/c24-22-12-19(31-16-20(33-23(31)32)15-30-11-8-26-28-30)6-7-21(22)17-4-5-18(25-13-17)14-27-29-9-2-1-3-10-29/h4-8,11-14,20H,1-3,9-10,15-16H2/b27-14+/t20-/m0/s1. The highest BCUT2D eigenvalue weighted by molar-refractivity contribution is 5.90. The van der Waals surface area contributed by atoms with Gasteiger partial charge >= 0.3 is 6.09 Å². The molecule has 5 rings (SSSR count). The quantitative estimate of drug-likeness (QED) is 0.537. The zero-order valence-electron chi connectivity index (χ0n) is 18.0.